The molecule has 1 rings (SSSR count). The van der Waals surface area contributed by atoms with E-state index in [1.165, 1.54) is 0 Å². The first kappa shape index (κ1) is 18.3. The number of hydrogen-bond donors (Lipinski definition) is 0. The molecule has 0 heterocycles. The van der Waals surface area contributed by atoms with E-state index in [2.05, 4.69) is 0 Å². The van der Waals surface area contributed by atoms with Gasteiger partial charge in [-0.25, -0.2) is 0 Å². The van der Waals surface area contributed by atoms with Crippen LogP contribution >= 0.6 is 0 Å². The van der Waals surface area contributed by atoms with Gasteiger partial charge in [0.15, 0.2) is 0 Å². The maximum absolute atomic E-state index is 12.3. The van der Waals surface area contributed by atoms with E-state index < -0.39 is 31.9 Å². The molecule has 0 spiro atoms. The van der Waals surface area contributed by atoms with E-state index in [9.17, 15) is 21.6 Å². The molecule has 0 radical (unpaired) electrons. The predicted molar refractivity (Wildman–Crippen MR) is 53.8 cm³/mol. The average Bonchev–Trinajstić information content (AvgIpc) is 2.00. The standard InChI is InChI=1S/C8H6BF3O2S.2H2O/c1-15(13,14)5-2-3-7(9)6(4-5)8(10,11)12;;/h2-4H,1H3;2*1H2/q+2;;/p-2. The predicted octanol–water partition coefficient (Wildman–Crippen LogP) is 0.549. The molecular formula is C8H8BF3O4S. The summed E-state index contributed by atoms with van der Waals surface area (Å²) >= 11 is 0. The number of rotatable bonds is 1. The Hall–Kier alpha value is -1.06. The summed E-state index contributed by atoms with van der Waals surface area (Å²) in [4.78, 5) is -0.399. The summed E-state index contributed by atoms with van der Waals surface area (Å²) in [5, 5.41) is 0. The van der Waals surface area contributed by atoms with Gasteiger partial charge >= 0.3 is 85.8 Å². The molecule has 0 atom stereocenters. The molecule has 17 heavy (non-hydrogen) atoms. The first-order valence-corrected chi connectivity index (χ1v) is 5.68. The van der Waals surface area contributed by atoms with Gasteiger partial charge in [-0.1, -0.05) is 0 Å². The van der Waals surface area contributed by atoms with Gasteiger partial charge in [0, 0.05) is 0 Å². The number of alkyl halides is 3. The van der Waals surface area contributed by atoms with Crippen LogP contribution in [0.15, 0.2) is 23.1 Å². The van der Waals surface area contributed by atoms with Crippen LogP contribution in [-0.2, 0) is 16.0 Å². The largest absolute Gasteiger partial charge is 0.870 e. The molecule has 0 unspecified atom stereocenters. The van der Waals surface area contributed by atoms with E-state index in [0.29, 0.717) is 6.07 Å². The van der Waals surface area contributed by atoms with Gasteiger partial charge in [0.25, 0.3) is 0 Å². The smallest absolute Gasteiger partial charge is 0.870 e. The van der Waals surface area contributed by atoms with Gasteiger partial charge in [-0.05, 0) is 0 Å². The maximum Gasteiger partial charge on any atom is -0.870 e. The normalized spacial score (nSPS) is 11.4. The third-order valence-electron chi connectivity index (χ3n) is 1.76. The Kier molecular flexibility index (Phi) is 5.95. The minimum Gasteiger partial charge on any atom is -0.870 e. The van der Waals surface area contributed by atoms with Gasteiger partial charge in [0.05, 0.1) is 0 Å². The first-order valence-electron chi connectivity index (χ1n) is 3.79. The van der Waals surface area contributed by atoms with Crippen LogP contribution in [0.3, 0.4) is 0 Å². The summed E-state index contributed by atoms with van der Waals surface area (Å²) < 4.78 is 59.1. The minimum atomic E-state index is -4.65. The van der Waals surface area contributed by atoms with Crippen molar-refractivity contribution in [1.82, 2.24) is 0 Å². The van der Waals surface area contributed by atoms with Crippen molar-refractivity contribution >= 4 is 23.1 Å². The van der Waals surface area contributed by atoms with Crippen molar-refractivity contribution in [3.05, 3.63) is 23.8 Å². The Morgan fingerprint density at radius 2 is 1.65 bits per heavy atom. The molecule has 0 aliphatic rings. The molecule has 0 bridgehead atoms. The fourth-order valence-electron chi connectivity index (χ4n) is 1.01. The summed E-state index contributed by atoms with van der Waals surface area (Å²) in [5.41, 5.74) is -1.62. The minimum absolute atomic E-state index is 0. The van der Waals surface area contributed by atoms with Gasteiger partial charge in [-0.15, -0.1) is 0 Å². The van der Waals surface area contributed by atoms with Crippen LogP contribution in [0.5, 0.6) is 0 Å². The monoisotopic (exact) mass is 268 g/mol. The van der Waals surface area contributed by atoms with E-state index in [1.54, 1.807) is 0 Å². The van der Waals surface area contributed by atoms with Crippen LogP contribution in [0.1, 0.15) is 5.56 Å². The number of hydrogen-bond acceptors (Lipinski definition) is 4. The second kappa shape index (κ2) is 5.52. The number of halogens is 3. The van der Waals surface area contributed by atoms with Gasteiger partial charge < -0.3 is 11.0 Å². The second-order valence-corrected chi connectivity index (χ2v) is 5.03. The van der Waals surface area contributed by atoms with E-state index >= 15 is 0 Å². The van der Waals surface area contributed by atoms with E-state index in [1.807, 2.05) is 0 Å². The summed E-state index contributed by atoms with van der Waals surface area (Å²) in [6.07, 6.45) is -3.82. The molecule has 94 valence electrons. The Morgan fingerprint density at radius 3 is 2.00 bits per heavy atom. The van der Waals surface area contributed by atoms with Crippen LogP contribution in [0.25, 0.3) is 0 Å². The Balaban J connectivity index is 0. The zero-order chi connectivity index (χ0) is 11.9. The summed E-state index contributed by atoms with van der Waals surface area (Å²) in [6.45, 7) is 0. The third kappa shape index (κ3) is 4.37. The molecule has 0 aromatic heterocycles. The summed E-state index contributed by atoms with van der Waals surface area (Å²) in [5.74, 6) is 0. The molecular weight excluding hydrogens is 260 g/mol. The Labute approximate surface area is 97.4 Å². The first-order chi connectivity index (χ1) is 6.62. The molecule has 0 aliphatic carbocycles. The zero-order valence-corrected chi connectivity index (χ0v) is 9.38. The van der Waals surface area contributed by atoms with Crippen molar-refractivity contribution in [2.24, 2.45) is 0 Å². The Morgan fingerprint density at radius 1 is 1.18 bits per heavy atom. The number of benzene rings is 1. The van der Waals surface area contributed by atoms with Crippen molar-refractivity contribution in [3.8, 4) is 0 Å². The van der Waals surface area contributed by atoms with Crippen LogP contribution < -0.4 is 5.46 Å². The Bertz CT molecular complexity index is 484. The summed E-state index contributed by atoms with van der Waals surface area (Å²) in [7, 11) is 1.45. The molecule has 2 N–H and O–H groups in total. The van der Waals surface area contributed by atoms with E-state index in [4.69, 9.17) is 7.85 Å². The van der Waals surface area contributed by atoms with Gasteiger partial charge in [0.1, 0.15) is 0 Å². The average molecular weight is 268 g/mol. The molecule has 4 nitrogen and oxygen atoms in total. The second-order valence-electron chi connectivity index (χ2n) is 3.02. The topological polar surface area (TPSA) is 94.1 Å². The summed E-state index contributed by atoms with van der Waals surface area (Å²) in [6, 6.07) is 2.50. The maximum atomic E-state index is 12.3. The van der Waals surface area contributed by atoms with Crippen molar-refractivity contribution in [3.63, 3.8) is 0 Å². The quantitative estimate of drug-likeness (QED) is 0.695. The molecule has 1 aromatic rings. The van der Waals surface area contributed by atoms with Crippen molar-refractivity contribution in [1.29, 1.82) is 0 Å². The molecule has 0 saturated carbocycles. The number of sulfone groups is 1. The molecule has 1 aromatic carbocycles. The van der Waals surface area contributed by atoms with Gasteiger partial charge in [-0.3, -0.25) is 0 Å². The zero-order valence-electron chi connectivity index (χ0n) is 8.56. The van der Waals surface area contributed by atoms with Crippen LogP contribution in [-0.4, -0.2) is 33.5 Å². The SMILES string of the molecule is [B+2]c1ccc(S(C)(=O)=O)cc1C(F)(F)F.[OH-].[OH-]. The van der Waals surface area contributed by atoms with E-state index in [-0.39, 0.29) is 11.0 Å². The molecule has 0 fully saturated rings. The van der Waals surface area contributed by atoms with Crippen molar-refractivity contribution < 1.29 is 32.5 Å². The molecule has 0 aliphatic heterocycles. The van der Waals surface area contributed by atoms with Crippen LogP contribution in [0, 0.1) is 0 Å². The van der Waals surface area contributed by atoms with Crippen molar-refractivity contribution in [2.45, 2.75) is 11.1 Å². The van der Waals surface area contributed by atoms with Gasteiger partial charge in [0.2, 0.25) is 0 Å². The van der Waals surface area contributed by atoms with Crippen molar-refractivity contribution in [2.75, 3.05) is 6.26 Å². The van der Waals surface area contributed by atoms with Gasteiger partial charge in [-0.2, -0.15) is 0 Å². The molecule has 9 heteroatoms. The molecule has 0 saturated heterocycles. The fourth-order valence-corrected chi connectivity index (χ4v) is 1.66. The molecule has 0 amide bonds. The third-order valence-corrected chi connectivity index (χ3v) is 2.87. The van der Waals surface area contributed by atoms with Crippen LogP contribution in [0.4, 0.5) is 13.2 Å². The fraction of sp³-hybridized carbons (Fsp3) is 0.250. The van der Waals surface area contributed by atoms with Crippen LogP contribution in [0.2, 0.25) is 0 Å². The van der Waals surface area contributed by atoms with E-state index in [0.717, 1.165) is 18.4 Å².